The van der Waals surface area contributed by atoms with Crippen molar-refractivity contribution >= 4 is 0 Å². The van der Waals surface area contributed by atoms with Crippen LogP contribution in [0.5, 0.6) is 0 Å². The molecule has 19 heavy (non-hydrogen) atoms. The molecule has 0 saturated heterocycles. The fraction of sp³-hybridized carbons (Fsp3) is 0.389. The number of aromatic nitrogens is 1. The number of hydrogen-bond acceptors (Lipinski definition) is 0. The summed E-state index contributed by atoms with van der Waals surface area (Å²) in [5.74, 6) is 0. The highest BCUT2D eigenvalue weighted by Crippen LogP contribution is 2.23. The average molecular weight is 256 g/mol. The van der Waals surface area contributed by atoms with Crippen LogP contribution in [0.4, 0.5) is 0 Å². The molecule has 0 saturated carbocycles. The molecule has 0 aliphatic heterocycles. The standard InChI is InChI=1S/C18H24N/c1-14-8-6-7-9-16(14)17-11-10-15(13-19(17)5)12-18(2,3)4/h6-11,13H,12H2,1-5H3/q+1/i12D2. The van der Waals surface area contributed by atoms with Gasteiger partial charge in [-0.1, -0.05) is 39.0 Å². The number of benzene rings is 1. The van der Waals surface area contributed by atoms with Gasteiger partial charge < -0.3 is 0 Å². The number of nitrogens with zero attached hydrogens (tertiary/aromatic N) is 1. The molecule has 1 aromatic heterocycles. The van der Waals surface area contributed by atoms with E-state index >= 15 is 0 Å². The predicted octanol–water partition coefficient (Wildman–Crippen LogP) is 4.08. The SMILES string of the molecule is [2H]C([2H])(c1ccc(-c2ccccc2C)[n+](C)c1)C(C)(C)C. The molecule has 0 spiro atoms. The zero-order valence-corrected chi connectivity index (χ0v) is 12.5. The monoisotopic (exact) mass is 256 g/mol. The summed E-state index contributed by atoms with van der Waals surface area (Å²) in [5, 5.41) is 0. The highest BCUT2D eigenvalue weighted by atomic mass is 14.9. The van der Waals surface area contributed by atoms with Crippen LogP contribution >= 0.6 is 0 Å². The number of rotatable bonds is 2. The molecule has 1 aromatic carbocycles. The minimum absolute atomic E-state index is 0.440. The topological polar surface area (TPSA) is 3.88 Å². The van der Waals surface area contributed by atoms with Crippen LogP contribution in [0.3, 0.4) is 0 Å². The summed E-state index contributed by atoms with van der Waals surface area (Å²) in [6.07, 6.45) is 0.544. The van der Waals surface area contributed by atoms with E-state index in [1.54, 1.807) is 0 Å². The van der Waals surface area contributed by atoms with E-state index in [0.717, 1.165) is 11.3 Å². The molecular weight excluding hydrogens is 230 g/mol. The second-order valence-corrected chi connectivity index (χ2v) is 6.10. The van der Waals surface area contributed by atoms with E-state index in [1.165, 1.54) is 11.1 Å². The Morgan fingerprint density at radius 3 is 2.37 bits per heavy atom. The minimum atomic E-state index is -1.37. The summed E-state index contributed by atoms with van der Waals surface area (Å²) < 4.78 is 18.8. The normalized spacial score (nSPS) is 13.9. The van der Waals surface area contributed by atoms with Crippen LogP contribution in [0.15, 0.2) is 42.6 Å². The van der Waals surface area contributed by atoms with Crippen molar-refractivity contribution in [2.45, 2.75) is 34.1 Å². The van der Waals surface area contributed by atoms with Crippen LogP contribution in [0.25, 0.3) is 11.3 Å². The third-order valence-corrected chi connectivity index (χ3v) is 3.07. The second kappa shape index (κ2) is 5.16. The van der Waals surface area contributed by atoms with E-state index in [0.29, 0.717) is 0 Å². The Morgan fingerprint density at radius 1 is 1.11 bits per heavy atom. The van der Waals surface area contributed by atoms with E-state index in [2.05, 4.69) is 19.1 Å². The highest BCUT2D eigenvalue weighted by Gasteiger charge is 2.16. The summed E-state index contributed by atoms with van der Waals surface area (Å²) in [5.41, 5.74) is 3.78. The van der Waals surface area contributed by atoms with Gasteiger partial charge >= 0.3 is 0 Å². The Kier molecular flexibility index (Phi) is 3.05. The van der Waals surface area contributed by atoms with Gasteiger partial charge in [0, 0.05) is 19.9 Å². The Hall–Kier alpha value is -1.63. The summed E-state index contributed by atoms with van der Waals surface area (Å²) in [6, 6.07) is 12.2. The largest absolute Gasteiger partial charge is 0.212 e. The van der Waals surface area contributed by atoms with E-state index < -0.39 is 11.8 Å². The lowest BCUT2D eigenvalue weighted by Crippen LogP contribution is -2.32. The molecular formula is C18H24N+. The van der Waals surface area contributed by atoms with E-state index in [1.807, 2.05) is 62.8 Å². The van der Waals surface area contributed by atoms with Gasteiger partial charge in [-0.15, -0.1) is 0 Å². The van der Waals surface area contributed by atoms with Crippen LogP contribution in [0, 0.1) is 12.3 Å². The van der Waals surface area contributed by atoms with Gasteiger partial charge in [0.15, 0.2) is 6.20 Å². The van der Waals surface area contributed by atoms with Crippen LogP contribution in [-0.2, 0) is 13.4 Å². The first-order valence-electron chi connectivity index (χ1n) is 7.71. The molecule has 0 unspecified atom stereocenters. The van der Waals surface area contributed by atoms with Crippen LogP contribution < -0.4 is 4.57 Å². The summed E-state index contributed by atoms with van der Waals surface area (Å²) in [4.78, 5) is 0. The maximum Gasteiger partial charge on any atom is 0.212 e. The number of pyridine rings is 1. The van der Waals surface area contributed by atoms with E-state index in [4.69, 9.17) is 2.74 Å². The van der Waals surface area contributed by atoms with Crippen molar-refractivity contribution in [2.75, 3.05) is 0 Å². The van der Waals surface area contributed by atoms with Gasteiger partial charge in [-0.25, -0.2) is 4.57 Å². The fourth-order valence-corrected chi connectivity index (χ4v) is 2.25. The first-order valence-corrected chi connectivity index (χ1v) is 6.71. The first-order chi connectivity index (χ1) is 9.64. The van der Waals surface area contributed by atoms with Crippen molar-refractivity contribution < 1.29 is 7.31 Å². The predicted molar refractivity (Wildman–Crippen MR) is 81.0 cm³/mol. The summed E-state index contributed by atoms with van der Waals surface area (Å²) in [6.45, 7) is 7.89. The molecule has 1 heterocycles. The second-order valence-electron chi connectivity index (χ2n) is 6.10. The zero-order valence-electron chi connectivity index (χ0n) is 14.5. The molecule has 2 rings (SSSR count). The third kappa shape index (κ3) is 3.44. The lowest BCUT2D eigenvalue weighted by atomic mass is 9.88. The van der Waals surface area contributed by atoms with Crippen molar-refractivity contribution in [1.82, 2.24) is 0 Å². The van der Waals surface area contributed by atoms with Gasteiger partial charge in [-0.05, 0) is 36.4 Å². The van der Waals surface area contributed by atoms with Crippen molar-refractivity contribution in [2.24, 2.45) is 12.5 Å². The Balaban J connectivity index is 2.51. The van der Waals surface area contributed by atoms with Gasteiger partial charge in [0.2, 0.25) is 5.69 Å². The number of aryl methyl sites for hydroxylation is 2. The smallest absolute Gasteiger partial charge is 0.201 e. The lowest BCUT2D eigenvalue weighted by molar-refractivity contribution is -0.660. The first kappa shape index (κ1) is 11.2. The molecule has 0 fully saturated rings. The van der Waals surface area contributed by atoms with Gasteiger partial charge in [-0.3, -0.25) is 0 Å². The Morgan fingerprint density at radius 2 is 1.79 bits per heavy atom. The maximum atomic E-state index is 8.39. The fourth-order valence-electron chi connectivity index (χ4n) is 2.25. The molecule has 1 nitrogen and oxygen atoms in total. The molecule has 0 N–H and O–H groups in total. The zero-order chi connectivity index (χ0) is 15.8. The van der Waals surface area contributed by atoms with Crippen molar-refractivity contribution in [3.05, 3.63) is 53.7 Å². The van der Waals surface area contributed by atoms with Gasteiger partial charge in [0.05, 0.1) is 0 Å². The van der Waals surface area contributed by atoms with Crippen LogP contribution in [-0.4, -0.2) is 0 Å². The highest BCUT2D eigenvalue weighted by molar-refractivity contribution is 5.60. The Labute approximate surface area is 119 Å². The summed E-state index contributed by atoms with van der Waals surface area (Å²) >= 11 is 0. The molecule has 0 aliphatic rings. The molecule has 100 valence electrons. The van der Waals surface area contributed by atoms with Crippen molar-refractivity contribution in [3.8, 4) is 11.3 Å². The average Bonchev–Trinajstić information content (AvgIpc) is 2.38. The quantitative estimate of drug-likeness (QED) is 0.713. The summed E-state index contributed by atoms with van der Waals surface area (Å²) in [7, 11) is 1.98. The van der Waals surface area contributed by atoms with E-state index in [-0.39, 0.29) is 0 Å². The minimum Gasteiger partial charge on any atom is -0.201 e. The van der Waals surface area contributed by atoms with Gasteiger partial charge in [0.1, 0.15) is 7.05 Å². The Bertz CT molecular complexity index is 655. The number of hydrogen-bond donors (Lipinski definition) is 0. The van der Waals surface area contributed by atoms with Crippen molar-refractivity contribution in [3.63, 3.8) is 0 Å². The lowest BCUT2D eigenvalue weighted by Gasteiger charge is -2.17. The van der Waals surface area contributed by atoms with E-state index in [9.17, 15) is 0 Å². The molecule has 0 bridgehead atoms. The van der Waals surface area contributed by atoms with Crippen molar-refractivity contribution in [1.29, 1.82) is 0 Å². The van der Waals surface area contributed by atoms with Gasteiger partial charge in [0.25, 0.3) is 0 Å². The molecule has 0 amide bonds. The third-order valence-electron chi connectivity index (χ3n) is 3.07. The van der Waals surface area contributed by atoms with Crippen LogP contribution in [0.2, 0.25) is 0 Å². The molecule has 0 atom stereocenters. The maximum absolute atomic E-state index is 8.39. The molecule has 0 radical (unpaired) electrons. The molecule has 1 heteroatoms. The molecule has 0 aliphatic carbocycles. The van der Waals surface area contributed by atoms with Gasteiger partial charge in [-0.2, -0.15) is 0 Å². The molecule has 2 aromatic rings. The van der Waals surface area contributed by atoms with Crippen LogP contribution in [0.1, 0.15) is 34.6 Å².